The van der Waals surface area contributed by atoms with Crippen LogP contribution in [0.25, 0.3) is 11.4 Å². The standard InChI is InChI=1S/C12H10Cl2N4O/c1-5-9(11(16)19)10(15)18-12(17-5)6-2-3-7(13)8(14)4-6/h2-4H,1H3,(H2,16,19)(H2,15,17,18). The zero-order valence-electron chi connectivity index (χ0n) is 9.95. The molecule has 1 aromatic heterocycles. The molecule has 1 amide bonds. The number of benzene rings is 1. The van der Waals surface area contributed by atoms with Crippen molar-refractivity contribution < 1.29 is 4.79 Å². The Balaban J connectivity index is 2.58. The van der Waals surface area contributed by atoms with Gasteiger partial charge in [-0.05, 0) is 25.1 Å². The summed E-state index contributed by atoms with van der Waals surface area (Å²) < 4.78 is 0. The average Bonchev–Trinajstić information content (AvgIpc) is 2.31. The number of primary amides is 1. The maximum atomic E-state index is 11.2. The van der Waals surface area contributed by atoms with Crippen molar-refractivity contribution in [3.63, 3.8) is 0 Å². The van der Waals surface area contributed by atoms with E-state index >= 15 is 0 Å². The average molecular weight is 297 g/mol. The molecular weight excluding hydrogens is 287 g/mol. The van der Waals surface area contributed by atoms with E-state index in [0.29, 0.717) is 27.1 Å². The quantitative estimate of drug-likeness (QED) is 0.890. The summed E-state index contributed by atoms with van der Waals surface area (Å²) in [5, 5.41) is 0.821. The maximum Gasteiger partial charge on any atom is 0.254 e. The lowest BCUT2D eigenvalue weighted by molar-refractivity contribution is 0.1000. The number of nitrogens with two attached hydrogens (primary N) is 2. The molecule has 98 valence electrons. The minimum absolute atomic E-state index is 0.0427. The van der Waals surface area contributed by atoms with E-state index in [0.717, 1.165) is 0 Å². The highest BCUT2D eigenvalue weighted by atomic mass is 35.5. The molecule has 1 heterocycles. The van der Waals surface area contributed by atoms with Gasteiger partial charge in [-0.2, -0.15) is 0 Å². The van der Waals surface area contributed by atoms with Gasteiger partial charge in [-0.25, -0.2) is 9.97 Å². The van der Waals surface area contributed by atoms with Crippen molar-refractivity contribution >= 4 is 34.9 Å². The molecule has 0 aliphatic heterocycles. The van der Waals surface area contributed by atoms with Crippen LogP contribution in [0.1, 0.15) is 16.1 Å². The number of halogens is 2. The van der Waals surface area contributed by atoms with Gasteiger partial charge < -0.3 is 11.5 Å². The number of hydrogen-bond donors (Lipinski definition) is 2. The van der Waals surface area contributed by atoms with Gasteiger partial charge in [0.2, 0.25) is 0 Å². The highest BCUT2D eigenvalue weighted by Gasteiger charge is 2.15. The molecule has 19 heavy (non-hydrogen) atoms. The van der Waals surface area contributed by atoms with Crippen molar-refractivity contribution in [2.45, 2.75) is 6.92 Å². The second kappa shape index (κ2) is 5.03. The number of rotatable bonds is 2. The van der Waals surface area contributed by atoms with Crippen LogP contribution in [0.3, 0.4) is 0 Å². The van der Waals surface area contributed by atoms with Crippen LogP contribution in [0, 0.1) is 6.92 Å². The fraction of sp³-hybridized carbons (Fsp3) is 0.0833. The van der Waals surface area contributed by atoms with Gasteiger partial charge in [0.15, 0.2) is 5.82 Å². The van der Waals surface area contributed by atoms with Crippen molar-refractivity contribution in [3.8, 4) is 11.4 Å². The number of nitrogen functional groups attached to an aromatic ring is 1. The summed E-state index contributed by atoms with van der Waals surface area (Å²) in [6.07, 6.45) is 0. The molecule has 5 nitrogen and oxygen atoms in total. The van der Waals surface area contributed by atoms with E-state index in [9.17, 15) is 4.79 Å². The van der Waals surface area contributed by atoms with Gasteiger partial charge in [0, 0.05) is 5.56 Å². The van der Waals surface area contributed by atoms with Gasteiger partial charge >= 0.3 is 0 Å². The Labute approximate surface area is 119 Å². The van der Waals surface area contributed by atoms with Crippen LogP contribution >= 0.6 is 23.2 Å². The lowest BCUT2D eigenvalue weighted by atomic mass is 10.1. The van der Waals surface area contributed by atoms with Gasteiger partial charge in [-0.3, -0.25) is 4.79 Å². The van der Waals surface area contributed by atoms with Crippen LogP contribution in [-0.2, 0) is 0 Å². The lowest BCUT2D eigenvalue weighted by Crippen LogP contribution is -2.17. The number of anilines is 1. The van der Waals surface area contributed by atoms with Gasteiger partial charge in [-0.15, -0.1) is 0 Å². The minimum Gasteiger partial charge on any atom is -0.383 e. The molecule has 1 aromatic carbocycles. The first-order chi connectivity index (χ1) is 8.90. The summed E-state index contributed by atoms with van der Waals surface area (Å²) in [6, 6.07) is 4.98. The Morgan fingerprint density at radius 1 is 1.21 bits per heavy atom. The second-order valence-electron chi connectivity index (χ2n) is 3.89. The van der Waals surface area contributed by atoms with Crippen LogP contribution in [0.15, 0.2) is 18.2 Å². The van der Waals surface area contributed by atoms with Crippen molar-refractivity contribution in [1.82, 2.24) is 9.97 Å². The Morgan fingerprint density at radius 3 is 2.42 bits per heavy atom. The molecule has 7 heteroatoms. The summed E-state index contributed by atoms with van der Waals surface area (Å²) in [4.78, 5) is 19.5. The first-order valence-electron chi connectivity index (χ1n) is 5.29. The number of aromatic nitrogens is 2. The zero-order chi connectivity index (χ0) is 14.2. The van der Waals surface area contributed by atoms with Gasteiger partial charge in [0.05, 0.1) is 15.7 Å². The summed E-state index contributed by atoms with van der Waals surface area (Å²) in [6.45, 7) is 1.64. The molecule has 0 radical (unpaired) electrons. The molecule has 2 aromatic rings. The Morgan fingerprint density at radius 2 is 1.89 bits per heavy atom. The van der Waals surface area contributed by atoms with Crippen LogP contribution in [0.5, 0.6) is 0 Å². The normalized spacial score (nSPS) is 10.5. The van der Waals surface area contributed by atoms with Crippen LogP contribution in [-0.4, -0.2) is 15.9 Å². The van der Waals surface area contributed by atoms with Gasteiger partial charge in [-0.1, -0.05) is 23.2 Å². The van der Waals surface area contributed by atoms with Crippen LogP contribution in [0.2, 0.25) is 10.0 Å². The molecule has 0 saturated heterocycles. The van der Waals surface area contributed by atoms with E-state index in [1.54, 1.807) is 25.1 Å². The summed E-state index contributed by atoms with van der Waals surface area (Å²) >= 11 is 11.8. The number of nitrogens with zero attached hydrogens (tertiary/aromatic N) is 2. The second-order valence-corrected chi connectivity index (χ2v) is 4.70. The van der Waals surface area contributed by atoms with E-state index in [1.165, 1.54) is 0 Å². The molecule has 2 rings (SSSR count). The summed E-state index contributed by atoms with van der Waals surface area (Å²) in [5.74, 6) is -0.254. The third kappa shape index (κ3) is 2.62. The first-order valence-corrected chi connectivity index (χ1v) is 6.05. The third-order valence-electron chi connectivity index (χ3n) is 2.54. The van der Waals surface area contributed by atoms with Crippen LogP contribution < -0.4 is 11.5 Å². The highest BCUT2D eigenvalue weighted by Crippen LogP contribution is 2.28. The first kappa shape index (κ1) is 13.6. The molecule has 0 aliphatic rings. The topological polar surface area (TPSA) is 94.9 Å². The summed E-state index contributed by atoms with van der Waals surface area (Å²) in [7, 11) is 0. The molecule has 0 atom stereocenters. The monoisotopic (exact) mass is 296 g/mol. The lowest BCUT2D eigenvalue weighted by Gasteiger charge is -2.08. The highest BCUT2D eigenvalue weighted by molar-refractivity contribution is 6.42. The fourth-order valence-corrected chi connectivity index (χ4v) is 1.96. The Kier molecular flexibility index (Phi) is 3.59. The SMILES string of the molecule is Cc1nc(-c2ccc(Cl)c(Cl)c2)nc(N)c1C(N)=O. The minimum atomic E-state index is -0.657. The molecule has 0 saturated carbocycles. The number of carbonyl (C=O) groups excluding carboxylic acids is 1. The predicted octanol–water partition coefficient (Wildman–Crippen LogP) is 2.44. The third-order valence-corrected chi connectivity index (χ3v) is 3.28. The molecular formula is C12H10Cl2N4O. The number of amides is 1. The zero-order valence-corrected chi connectivity index (χ0v) is 11.5. The molecule has 0 unspecified atom stereocenters. The maximum absolute atomic E-state index is 11.2. The molecule has 0 bridgehead atoms. The van der Waals surface area contributed by atoms with Crippen molar-refractivity contribution in [2.24, 2.45) is 5.73 Å². The van der Waals surface area contributed by atoms with E-state index in [2.05, 4.69) is 9.97 Å². The number of hydrogen-bond acceptors (Lipinski definition) is 4. The van der Waals surface area contributed by atoms with Crippen molar-refractivity contribution in [2.75, 3.05) is 5.73 Å². The van der Waals surface area contributed by atoms with Gasteiger partial charge in [0.25, 0.3) is 5.91 Å². The van der Waals surface area contributed by atoms with Crippen molar-refractivity contribution in [1.29, 1.82) is 0 Å². The summed E-state index contributed by atoms with van der Waals surface area (Å²) in [5.41, 5.74) is 12.1. The van der Waals surface area contributed by atoms with E-state index in [4.69, 9.17) is 34.7 Å². The van der Waals surface area contributed by atoms with E-state index in [1.807, 2.05) is 0 Å². The smallest absolute Gasteiger partial charge is 0.254 e. The van der Waals surface area contributed by atoms with Crippen LogP contribution in [0.4, 0.5) is 5.82 Å². The molecule has 0 aliphatic carbocycles. The van der Waals surface area contributed by atoms with Gasteiger partial charge in [0.1, 0.15) is 11.4 Å². The Hall–Kier alpha value is -1.85. The fourth-order valence-electron chi connectivity index (χ4n) is 1.66. The Bertz CT molecular complexity index is 650. The molecule has 0 fully saturated rings. The van der Waals surface area contributed by atoms with E-state index in [-0.39, 0.29) is 11.4 Å². The predicted molar refractivity (Wildman–Crippen MR) is 75.2 cm³/mol. The molecule has 4 N–H and O–H groups in total. The van der Waals surface area contributed by atoms with E-state index < -0.39 is 5.91 Å². The van der Waals surface area contributed by atoms with Crippen molar-refractivity contribution in [3.05, 3.63) is 39.5 Å². The largest absolute Gasteiger partial charge is 0.383 e. The molecule has 0 spiro atoms. The number of carbonyl (C=O) groups is 1. The number of aryl methyl sites for hydroxylation is 1.